The van der Waals surface area contributed by atoms with E-state index in [9.17, 15) is 13.2 Å². The fourth-order valence-electron chi connectivity index (χ4n) is 2.12. The van der Waals surface area contributed by atoms with Gasteiger partial charge >= 0.3 is 6.18 Å². The molecule has 3 aromatic heterocycles. The zero-order chi connectivity index (χ0) is 17.2. The van der Waals surface area contributed by atoms with Gasteiger partial charge in [0.05, 0.1) is 11.6 Å². The van der Waals surface area contributed by atoms with Crippen molar-refractivity contribution in [2.75, 3.05) is 11.9 Å². The lowest BCUT2D eigenvalue weighted by Crippen LogP contribution is -2.20. The summed E-state index contributed by atoms with van der Waals surface area (Å²) in [6.45, 7) is -1.20. The molecule has 0 amide bonds. The first-order valence-corrected chi connectivity index (χ1v) is 6.94. The summed E-state index contributed by atoms with van der Waals surface area (Å²) >= 11 is 0. The molecule has 0 atom stereocenters. The quantitative estimate of drug-likeness (QED) is 0.769. The molecule has 0 aliphatic carbocycles. The molecule has 0 spiro atoms. The van der Waals surface area contributed by atoms with Gasteiger partial charge in [0.15, 0.2) is 12.3 Å². The van der Waals surface area contributed by atoms with E-state index in [4.69, 9.17) is 4.74 Å². The Hall–Kier alpha value is -2.91. The normalized spacial score (nSPS) is 11.7. The highest BCUT2D eigenvalue weighted by atomic mass is 19.4. The fraction of sp³-hybridized carbons (Fsp3) is 0.286. The average molecular weight is 338 g/mol. The summed E-state index contributed by atoms with van der Waals surface area (Å²) < 4.78 is 43.3. The lowest BCUT2D eigenvalue weighted by molar-refractivity contribution is -0.154. The molecule has 0 saturated carbocycles. The smallest absolute Gasteiger partial charge is 0.422 e. The maximum absolute atomic E-state index is 12.3. The Bertz CT molecular complexity index is 848. The maximum atomic E-state index is 12.3. The Kier molecular flexibility index (Phi) is 4.19. The van der Waals surface area contributed by atoms with Crippen LogP contribution >= 0.6 is 0 Å². The van der Waals surface area contributed by atoms with Gasteiger partial charge in [-0.1, -0.05) is 6.07 Å². The number of pyridine rings is 1. The first kappa shape index (κ1) is 16.0. The molecule has 7 nitrogen and oxygen atoms in total. The molecule has 0 aliphatic heterocycles. The van der Waals surface area contributed by atoms with Crippen LogP contribution in [-0.4, -0.2) is 37.5 Å². The zero-order valence-corrected chi connectivity index (χ0v) is 12.6. The molecule has 0 saturated heterocycles. The van der Waals surface area contributed by atoms with Gasteiger partial charge in [0.2, 0.25) is 5.88 Å². The second kappa shape index (κ2) is 6.30. The highest BCUT2D eigenvalue weighted by Gasteiger charge is 2.29. The number of ether oxygens (including phenoxy) is 1. The molecule has 24 heavy (non-hydrogen) atoms. The summed E-state index contributed by atoms with van der Waals surface area (Å²) in [6, 6.07) is 3.25. The van der Waals surface area contributed by atoms with Crippen LogP contribution in [0, 0.1) is 0 Å². The Labute approximate surface area is 134 Å². The molecule has 0 bridgehead atoms. The molecule has 3 aromatic rings. The van der Waals surface area contributed by atoms with Crippen LogP contribution in [0.15, 0.2) is 30.9 Å². The number of halogens is 3. The highest BCUT2D eigenvalue weighted by Crippen LogP contribution is 2.22. The monoisotopic (exact) mass is 338 g/mol. The number of nitrogens with one attached hydrogen (secondary N) is 1. The molecule has 0 fully saturated rings. The van der Waals surface area contributed by atoms with Gasteiger partial charge in [-0.15, -0.1) is 0 Å². The SMILES string of the molecule is Cn1ncc2c(NCc3cccnc3OCC(F)(F)F)ncnc21. The molecule has 3 rings (SSSR count). The van der Waals surface area contributed by atoms with Crippen molar-refractivity contribution in [2.45, 2.75) is 12.7 Å². The Balaban J connectivity index is 1.77. The van der Waals surface area contributed by atoms with Crippen LogP contribution in [0.4, 0.5) is 19.0 Å². The van der Waals surface area contributed by atoms with E-state index in [-0.39, 0.29) is 12.4 Å². The van der Waals surface area contributed by atoms with Crippen molar-refractivity contribution in [3.05, 3.63) is 36.4 Å². The van der Waals surface area contributed by atoms with Crippen molar-refractivity contribution in [1.29, 1.82) is 0 Å². The summed E-state index contributed by atoms with van der Waals surface area (Å²) in [5, 5.41) is 7.86. The lowest BCUT2D eigenvalue weighted by Gasteiger charge is -2.12. The minimum atomic E-state index is -4.42. The molecule has 0 aromatic carbocycles. The van der Waals surface area contributed by atoms with E-state index < -0.39 is 12.8 Å². The Morgan fingerprint density at radius 2 is 2.08 bits per heavy atom. The fourth-order valence-corrected chi connectivity index (χ4v) is 2.12. The molecule has 0 radical (unpaired) electrons. The van der Waals surface area contributed by atoms with Crippen LogP contribution in [0.1, 0.15) is 5.56 Å². The minimum absolute atomic E-state index is 0.0705. The minimum Gasteiger partial charge on any atom is -0.468 e. The van der Waals surface area contributed by atoms with Crippen LogP contribution in [0.5, 0.6) is 5.88 Å². The van der Waals surface area contributed by atoms with Crippen molar-refractivity contribution >= 4 is 16.9 Å². The third kappa shape index (κ3) is 3.53. The summed E-state index contributed by atoms with van der Waals surface area (Å²) in [5.41, 5.74) is 1.13. The zero-order valence-electron chi connectivity index (χ0n) is 12.6. The number of alkyl halides is 3. The van der Waals surface area contributed by atoms with E-state index in [1.165, 1.54) is 12.5 Å². The average Bonchev–Trinajstić information content (AvgIpc) is 2.93. The van der Waals surface area contributed by atoms with Crippen LogP contribution in [0.2, 0.25) is 0 Å². The van der Waals surface area contributed by atoms with E-state index in [1.807, 2.05) is 0 Å². The Morgan fingerprint density at radius 1 is 1.25 bits per heavy atom. The molecular weight excluding hydrogens is 325 g/mol. The van der Waals surface area contributed by atoms with Gasteiger partial charge in [-0.2, -0.15) is 18.3 Å². The third-order valence-electron chi connectivity index (χ3n) is 3.20. The standard InChI is InChI=1S/C14H13F3N6O/c1-23-12-10(6-22-23)11(20-8-21-12)19-5-9-3-2-4-18-13(9)24-7-14(15,16)17/h2-4,6,8H,5,7H2,1H3,(H,19,20,21). The van der Waals surface area contributed by atoms with E-state index in [2.05, 4.69) is 25.4 Å². The summed E-state index contributed by atoms with van der Waals surface area (Å²) in [4.78, 5) is 12.1. The van der Waals surface area contributed by atoms with Crippen molar-refractivity contribution in [3.8, 4) is 5.88 Å². The van der Waals surface area contributed by atoms with Crippen LogP contribution in [0.25, 0.3) is 11.0 Å². The number of anilines is 1. The van der Waals surface area contributed by atoms with E-state index in [0.29, 0.717) is 22.4 Å². The van der Waals surface area contributed by atoms with E-state index in [1.54, 1.807) is 30.1 Å². The predicted octanol–water partition coefficient (Wildman–Crippen LogP) is 2.31. The van der Waals surface area contributed by atoms with Crippen molar-refractivity contribution in [2.24, 2.45) is 7.05 Å². The van der Waals surface area contributed by atoms with E-state index in [0.717, 1.165) is 0 Å². The number of aromatic nitrogens is 5. The predicted molar refractivity (Wildman–Crippen MR) is 79.4 cm³/mol. The number of nitrogens with zero attached hydrogens (tertiary/aromatic N) is 5. The van der Waals surface area contributed by atoms with Gasteiger partial charge in [-0.25, -0.2) is 15.0 Å². The summed E-state index contributed by atoms with van der Waals surface area (Å²) in [5.74, 6) is 0.456. The summed E-state index contributed by atoms with van der Waals surface area (Å²) in [6.07, 6.45) is -0.0470. The van der Waals surface area contributed by atoms with Crippen LogP contribution in [-0.2, 0) is 13.6 Å². The van der Waals surface area contributed by atoms with Gasteiger partial charge < -0.3 is 10.1 Å². The van der Waals surface area contributed by atoms with Crippen LogP contribution < -0.4 is 10.1 Å². The van der Waals surface area contributed by atoms with Gasteiger partial charge in [0, 0.05) is 25.4 Å². The second-order valence-corrected chi connectivity index (χ2v) is 4.95. The maximum Gasteiger partial charge on any atom is 0.422 e. The molecule has 1 N–H and O–H groups in total. The largest absolute Gasteiger partial charge is 0.468 e. The van der Waals surface area contributed by atoms with Gasteiger partial charge in [-0.3, -0.25) is 4.68 Å². The van der Waals surface area contributed by atoms with Gasteiger partial charge in [0.1, 0.15) is 12.1 Å². The first-order chi connectivity index (χ1) is 11.4. The van der Waals surface area contributed by atoms with Gasteiger partial charge in [-0.05, 0) is 6.07 Å². The highest BCUT2D eigenvalue weighted by molar-refractivity contribution is 5.85. The third-order valence-corrected chi connectivity index (χ3v) is 3.20. The number of rotatable bonds is 5. The van der Waals surface area contributed by atoms with Gasteiger partial charge in [0.25, 0.3) is 0 Å². The lowest BCUT2D eigenvalue weighted by atomic mass is 10.2. The first-order valence-electron chi connectivity index (χ1n) is 6.94. The summed E-state index contributed by atoms with van der Waals surface area (Å²) in [7, 11) is 1.75. The van der Waals surface area contributed by atoms with E-state index >= 15 is 0 Å². The number of hydrogen-bond acceptors (Lipinski definition) is 6. The molecule has 0 unspecified atom stereocenters. The number of aryl methyl sites for hydroxylation is 1. The molecule has 126 valence electrons. The van der Waals surface area contributed by atoms with Crippen molar-refractivity contribution in [1.82, 2.24) is 24.7 Å². The second-order valence-electron chi connectivity index (χ2n) is 4.95. The molecule has 0 aliphatic rings. The molecule has 10 heteroatoms. The Morgan fingerprint density at radius 3 is 2.88 bits per heavy atom. The molecule has 3 heterocycles. The van der Waals surface area contributed by atoms with Crippen LogP contribution in [0.3, 0.4) is 0 Å². The number of fused-ring (bicyclic) bond motifs is 1. The number of hydrogen-bond donors (Lipinski definition) is 1. The molecular formula is C14H13F3N6O. The van der Waals surface area contributed by atoms with Crippen molar-refractivity contribution < 1.29 is 17.9 Å². The topological polar surface area (TPSA) is 77.8 Å². The van der Waals surface area contributed by atoms with Crippen molar-refractivity contribution in [3.63, 3.8) is 0 Å².